The molecule has 0 bridgehead atoms. The van der Waals surface area contributed by atoms with E-state index in [1.165, 1.54) is 0 Å². The monoisotopic (exact) mass is 134 g/mol. The first-order valence-corrected chi connectivity index (χ1v) is 4.10. The maximum absolute atomic E-state index is 5.26. The minimum Gasteiger partial charge on any atom is -0.396 e. The first kappa shape index (κ1) is 8.10. The van der Waals surface area contributed by atoms with Crippen LogP contribution in [0.25, 0.3) is 0 Å². The molecule has 0 aliphatic carbocycles. The molecular formula is C4H12NO2Si. The van der Waals surface area contributed by atoms with Crippen molar-refractivity contribution in [3.63, 3.8) is 0 Å². The molecule has 0 amide bonds. The lowest BCUT2D eigenvalue weighted by molar-refractivity contribution is 0.242. The molecule has 0 aliphatic rings. The second-order valence-corrected chi connectivity index (χ2v) is 3.06. The third-order valence-electron chi connectivity index (χ3n) is 0.700. The van der Waals surface area contributed by atoms with E-state index in [9.17, 15) is 0 Å². The molecule has 0 atom stereocenters. The van der Waals surface area contributed by atoms with Crippen LogP contribution < -0.4 is 5.73 Å². The predicted octanol–water partition coefficient (Wildman–Crippen LogP) is -0.345. The third kappa shape index (κ3) is 3.14. The molecule has 2 N–H and O–H groups in total. The van der Waals surface area contributed by atoms with Crippen LogP contribution in [0.1, 0.15) is 6.92 Å². The summed E-state index contributed by atoms with van der Waals surface area (Å²) >= 11 is 0. The van der Waals surface area contributed by atoms with E-state index in [0.29, 0.717) is 12.8 Å². The van der Waals surface area contributed by atoms with Crippen molar-refractivity contribution in [2.24, 2.45) is 5.73 Å². The van der Waals surface area contributed by atoms with Crippen LogP contribution in [0.4, 0.5) is 0 Å². The van der Waals surface area contributed by atoms with Crippen molar-refractivity contribution in [3.05, 3.63) is 0 Å². The molecule has 0 spiro atoms. The van der Waals surface area contributed by atoms with Gasteiger partial charge in [-0.3, -0.25) is 0 Å². The first-order valence-electron chi connectivity index (χ1n) is 2.57. The zero-order valence-electron chi connectivity index (χ0n) is 5.31. The van der Waals surface area contributed by atoms with Crippen molar-refractivity contribution in [2.45, 2.75) is 6.92 Å². The van der Waals surface area contributed by atoms with Gasteiger partial charge >= 0.3 is 9.28 Å². The summed E-state index contributed by atoms with van der Waals surface area (Å²) in [6.07, 6.45) is 0.523. The van der Waals surface area contributed by atoms with Gasteiger partial charge in [-0.15, -0.1) is 0 Å². The van der Waals surface area contributed by atoms with Crippen LogP contribution >= 0.6 is 0 Å². The van der Waals surface area contributed by atoms with Crippen molar-refractivity contribution in [1.29, 1.82) is 0 Å². The Morgan fingerprint density at radius 2 is 2.25 bits per heavy atom. The minimum atomic E-state index is -1.10. The highest BCUT2D eigenvalue weighted by Gasteiger charge is 2.07. The van der Waals surface area contributed by atoms with Crippen LogP contribution in [0.3, 0.4) is 0 Å². The summed E-state index contributed by atoms with van der Waals surface area (Å²) < 4.78 is 9.99. The first-order chi connectivity index (χ1) is 3.85. The van der Waals surface area contributed by atoms with Gasteiger partial charge in [0.2, 0.25) is 0 Å². The van der Waals surface area contributed by atoms with Crippen LogP contribution in [0.2, 0.25) is 0 Å². The van der Waals surface area contributed by atoms with Crippen molar-refractivity contribution < 1.29 is 8.85 Å². The summed E-state index contributed by atoms with van der Waals surface area (Å²) in [6, 6.07) is 0. The average Bonchev–Trinajstić information content (AvgIpc) is 1.83. The van der Waals surface area contributed by atoms with Gasteiger partial charge in [0.05, 0.1) is 0 Å². The predicted molar refractivity (Wildman–Crippen MR) is 33.4 cm³/mol. The maximum atomic E-state index is 5.26. The third-order valence-corrected chi connectivity index (χ3v) is 2.10. The fourth-order valence-corrected chi connectivity index (χ4v) is 1.09. The van der Waals surface area contributed by atoms with Gasteiger partial charge in [-0.1, -0.05) is 0 Å². The van der Waals surface area contributed by atoms with Gasteiger partial charge in [-0.25, -0.2) is 0 Å². The van der Waals surface area contributed by atoms with E-state index in [0.717, 1.165) is 0 Å². The van der Waals surface area contributed by atoms with Gasteiger partial charge in [0, 0.05) is 19.9 Å². The van der Waals surface area contributed by atoms with Gasteiger partial charge < -0.3 is 14.6 Å². The summed E-state index contributed by atoms with van der Waals surface area (Å²) in [6.45, 7) is 2.62. The molecule has 0 aromatic carbocycles. The standard InChI is InChI=1S/C4H12NO2Si/c1-3-7-8(4-5)6-2/h3-5H2,1-2H3. The van der Waals surface area contributed by atoms with E-state index < -0.39 is 9.28 Å². The van der Waals surface area contributed by atoms with E-state index in [4.69, 9.17) is 14.6 Å². The molecule has 0 rings (SSSR count). The highest BCUT2D eigenvalue weighted by molar-refractivity contribution is 6.44. The minimum absolute atomic E-state index is 0.523. The van der Waals surface area contributed by atoms with Crippen molar-refractivity contribution in [1.82, 2.24) is 0 Å². The Morgan fingerprint density at radius 1 is 1.62 bits per heavy atom. The zero-order chi connectivity index (χ0) is 6.41. The van der Waals surface area contributed by atoms with Crippen molar-refractivity contribution >= 4 is 9.28 Å². The lowest BCUT2D eigenvalue weighted by atomic mass is 10.9. The van der Waals surface area contributed by atoms with Gasteiger partial charge in [0.15, 0.2) is 0 Å². The van der Waals surface area contributed by atoms with Crippen LogP contribution in [-0.4, -0.2) is 29.2 Å². The highest BCUT2D eigenvalue weighted by Crippen LogP contribution is 1.81. The molecule has 0 saturated heterocycles. The van der Waals surface area contributed by atoms with Gasteiger partial charge in [-0.2, -0.15) is 0 Å². The van der Waals surface area contributed by atoms with Gasteiger partial charge in [-0.05, 0) is 6.92 Å². The van der Waals surface area contributed by atoms with Crippen molar-refractivity contribution in [3.8, 4) is 0 Å². The summed E-state index contributed by atoms with van der Waals surface area (Å²) in [7, 11) is 0.525. The van der Waals surface area contributed by atoms with E-state index in [-0.39, 0.29) is 0 Å². The second-order valence-electron chi connectivity index (χ2n) is 1.21. The fourth-order valence-electron chi connectivity index (χ4n) is 0.362. The van der Waals surface area contributed by atoms with Gasteiger partial charge in [0.1, 0.15) is 0 Å². The van der Waals surface area contributed by atoms with Crippen LogP contribution in [0.15, 0.2) is 0 Å². The van der Waals surface area contributed by atoms with Crippen LogP contribution in [-0.2, 0) is 8.85 Å². The molecule has 0 unspecified atom stereocenters. The molecule has 1 radical (unpaired) electrons. The molecule has 0 heterocycles. The lowest BCUT2D eigenvalue weighted by Crippen LogP contribution is -2.31. The zero-order valence-corrected chi connectivity index (χ0v) is 6.31. The molecule has 0 saturated carbocycles. The number of hydrogen-bond donors (Lipinski definition) is 1. The SMILES string of the molecule is CCO[Si](CN)OC. The average molecular weight is 134 g/mol. The molecular weight excluding hydrogens is 122 g/mol. The Morgan fingerprint density at radius 3 is 2.38 bits per heavy atom. The molecule has 8 heavy (non-hydrogen) atoms. The van der Waals surface area contributed by atoms with E-state index in [1.807, 2.05) is 6.92 Å². The molecule has 49 valence electrons. The Balaban J connectivity index is 3.07. The number of rotatable bonds is 4. The summed E-state index contributed by atoms with van der Waals surface area (Å²) in [4.78, 5) is 0. The highest BCUT2D eigenvalue weighted by atomic mass is 28.3. The normalized spacial score (nSPS) is 10.5. The quantitative estimate of drug-likeness (QED) is 0.535. The lowest BCUT2D eigenvalue weighted by Gasteiger charge is -2.06. The Kier molecular flexibility index (Phi) is 5.30. The van der Waals surface area contributed by atoms with E-state index >= 15 is 0 Å². The second kappa shape index (κ2) is 5.24. The van der Waals surface area contributed by atoms with E-state index in [1.54, 1.807) is 7.11 Å². The van der Waals surface area contributed by atoms with Crippen molar-refractivity contribution in [2.75, 3.05) is 19.9 Å². The summed E-state index contributed by atoms with van der Waals surface area (Å²) in [5.74, 6) is 0. The molecule has 4 heteroatoms. The Labute approximate surface area is 51.6 Å². The van der Waals surface area contributed by atoms with Crippen LogP contribution in [0, 0.1) is 0 Å². The fraction of sp³-hybridized carbons (Fsp3) is 1.00. The summed E-state index contributed by atoms with van der Waals surface area (Å²) in [5.41, 5.74) is 5.26. The Hall–Kier alpha value is 0.0969. The largest absolute Gasteiger partial charge is 0.399 e. The number of hydrogen-bond acceptors (Lipinski definition) is 3. The van der Waals surface area contributed by atoms with E-state index in [2.05, 4.69) is 0 Å². The maximum Gasteiger partial charge on any atom is 0.399 e. The van der Waals surface area contributed by atoms with Crippen LogP contribution in [0.5, 0.6) is 0 Å². The Bertz CT molecular complexity index is 49.3. The molecule has 3 nitrogen and oxygen atoms in total. The molecule has 0 aromatic rings. The topological polar surface area (TPSA) is 44.5 Å². The molecule has 0 aromatic heterocycles. The molecule has 0 aliphatic heterocycles. The van der Waals surface area contributed by atoms with Gasteiger partial charge in [0.25, 0.3) is 0 Å². The smallest absolute Gasteiger partial charge is 0.396 e. The number of nitrogens with two attached hydrogens (primary N) is 1. The summed E-state index contributed by atoms with van der Waals surface area (Å²) in [5, 5.41) is 0. The molecule has 0 fully saturated rings.